The van der Waals surface area contributed by atoms with E-state index in [-0.39, 0.29) is 0 Å². The first-order valence-electron chi connectivity index (χ1n) is 8.82. The minimum atomic E-state index is 0.759. The van der Waals surface area contributed by atoms with Crippen LogP contribution in [0.3, 0.4) is 0 Å². The topological polar surface area (TPSA) is 15.3 Å². The number of nitrogens with one attached hydrogen (secondary N) is 1. The van der Waals surface area contributed by atoms with E-state index in [1.165, 1.54) is 70.9 Å². The minimum absolute atomic E-state index is 0.759. The molecule has 1 N–H and O–H groups in total. The summed E-state index contributed by atoms with van der Waals surface area (Å²) in [6.45, 7) is 8.44. The third kappa shape index (κ3) is 4.46. The first-order valence-corrected chi connectivity index (χ1v) is 8.82. The van der Waals surface area contributed by atoms with Crippen LogP contribution in [0.2, 0.25) is 0 Å². The van der Waals surface area contributed by atoms with Gasteiger partial charge in [-0.15, -0.1) is 0 Å². The van der Waals surface area contributed by atoms with E-state index in [9.17, 15) is 0 Å². The molecule has 0 spiro atoms. The molecule has 1 aliphatic heterocycles. The van der Waals surface area contributed by atoms with E-state index in [1.807, 2.05) is 0 Å². The molecule has 112 valence electrons. The molecule has 0 aromatic carbocycles. The summed E-state index contributed by atoms with van der Waals surface area (Å²) in [7, 11) is 0. The van der Waals surface area contributed by atoms with Gasteiger partial charge in [0.05, 0.1) is 0 Å². The average molecular weight is 266 g/mol. The Balaban J connectivity index is 1.87. The largest absolute Gasteiger partial charge is 0.313 e. The number of hydrogen-bond acceptors (Lipinski definition) is 2. The monoisotopic (exact) mass is 266 g/mol. The highest BCUT2D eigenvalue weighted by Crippen LogP contribution is 2.28. The van der Waals surface area contributed by atoms with E-state index < -0.39 is 0 Å². The molecule has 0 amide bonds. The van der Waals surface area contributed by atoms with E-state index in [1.54, 1.807) is 0 Å². The lowest BCUT2D eigenvalue weighted by Crippen LogP contribution is -2.52. The van der Waals surface area contributed by atoms with Crippen LogP contribution in [0.1, 0.15) is 71.6 Å². The van der Waals surface area contributed by atoms with Gasteiger partial charge in [0.25, 0.3) is 0 Å². The highest BCUT2D eigenvalue weighted by Gasteiger charge is 2.30. The van der Waals surface area contributed by atoms with Gasteiger partial charge in [-0.3, -0.25) is 4.90 Å². The Morgan fingerprint density at radius 2 is 1.68 bits per heavy atom. The average Bonchev–Trinajstić information content (AvgIpc) is 2.66. The van der Waals surface area contributed by atoms with Crippen LogP contribution in [0.5, 0.6) is 0 Å². The maximum atomic E-state index is 3.77. The standard InChI is InChI=1S/C17H34N2/c1-3-8-15-11-13-19(14-12-15)17-10-7-5-6-9-16(17)18-4-2/h15-18H,3-14H2,1-2H3. The Morgan fingerprint density at radius 3 is 2.37 bits per heavy atom. The first-order chi connectivity index (χ1) is 9.35. The summed E-state index contributed by atoms with van der Waals surface area (Å²) in [5, 5.41) is 3.77. The van der Waals surface area contributed by atoms with Crippen LogP contribution in [0, 0.1) is 5.92 Å². The molecule has 0 aromatic heterocycles. The Kier molecular flexibility index (Phi) is 6.66. The van der Waals surface area contributed by atoms with E-state index in [4.69, 9.17) is 0 Å². The molecule has 19 heavy (non-hydrogen) atoms. The summed E-state index contributed by atoms with van der Waals surface area (Å²) in [5.41, 5.74) is 0. The van der Waals surface area contributed by atoms with Crippen molar-refractivity contribution in [3.63, 3.8) is 0 Å². The fraction of sp³-hybridized carbons (Fsp3) is 1.00. The molecular formula is C17H34N2. The Morgan fingerprint density at radius 1 is 0.947 bits per heavy atom. The molecule has 1 aliphatic carbocycles. The first kappa shape index (κ1) is 15.3. The highest BCUT2D eigenvalue weighted by atomic mass is 15.2. The molecule has 1 heterocycles. The molecule has 2 heteroatoms. The van der Waals surface area contributed by atoms with Crippen molar-refractivity contribution >= 4 is 0 Å². The van der Waals surface area contributed by atoms with Crippen LogP contribution < -0.4 is 5.32 Å². The van der Waals surface area contributed by atoms with Crippen LogP contribution in [0.25, 0.3) is 0 Å². The van der Waals surface area contributed by atoms with E-state index in [0.29, 0.717) is 0 Å². The SMILES string of the molecule is CCCC1CCN(C2CCCCCC2NCC)CC1. The molecule has 0 bridgehead atoms. The van der Waals surface area contributed by atoms with Crippen molar-refractivity contribution in [1.82, 2.24) is 10.2 Å². The van der Waals surface area contributed by atoms with Crippen LogP contribution in [0.15, 0.2) is 0 Å². The number of hydrogen-bond donors (Lipinski definition) is 1. The van der Waals surface area contributed by atoms with Crippen molar-refractivity contribution < 1.29 is 0 Å². The minimum Gasteiger partial charge on any atom is -0.313 e. The second-order valence-electron chi connectivity index (χ2n) is 6.64. The van der Waals surface area contributed by atoms with Crippen LogP contribution in [0.4, 0.5) is 0 Å². The van der Waals surface area contributed by atoms with Gasteiger partial charge in [0.15, 0.2) is 0 Å². The number of rotatable bonds is 5. The predicted molar refractivity (Wildman–Crippen MR) is 83.5 cm³/mol. The maximum absolute atomic E-state index is 3.77. The van der Waals surface area contributed by atoms with Gasteiger partial charge < -0.3 is 5.32 Å². The smallest absolute Gasteiger partial charge is 0.0249 e. The Bertz CT molecular complexity index is 233. The fourth-order valence-corrected chi connectivity index (χ4v) is 4.21. The zero-order chi connectivity index (χ0) is 13.5. The van der Waals surface area contributed by atoms with Crippen molar-refractivity contribution in [2.45, 2.75) is 83.7 Å². The van der Waals surface area contributed by atoms with Gasteiger partial charge in [-0.1, -0.05) is 46.0 Å². The number of piperidine rings is 1. The van der Waals surface area contributed by atoms with Crippen LogP contribution in [-0.4, -0.2) is 36.6 Å². The molecule has 2 nitrogen and oxygen atoms in total. The maximum Gasteiger partial charge on any atom is 0.0249 e. The second-order valence-corrected chi connectivity index (χ2v) is 6.64. The van der Waals surface area contributed by atoms with E-state index >= 15 is 0 Å². The molecular weight excluding hydrogens is 232 g/mol. The molecule has 2 fully saturated rings. The molecule has 2 atom stereocenters. The van der Waals surface area contributed by atoms with Crippen molar-refractivity contribution in [2.75, 3.05) is 19.6 Å². The normalized spacial score (nSPS) is 31.3. The van der Waals surface area contributed by atoms with E-state index in [0.717, 1.165) is 24.5 Å². The summed E-state index contributed by atoms with van der Waals surface area (Å²) in [5.74, 6) is 1.02. The van der Waals surface area contributed by atoms with Gasteiger partial charge in [0.1, 0.15) is 0 Å². The number of likely N-dealkylation sites (tertiary alicyclic amines) is 1. The zero-order valence-corrected chi connectivity index (χ0v) is 13.2. The molecule has 1 saturated carbocycles. The van der Waals surface area contributed by atoms with Gasteiger partial charge >= 0.3 is 0 Å². The van der Waals surface area contributed by atoms with Crippen LogP contribution >= 0.6 is 0 Å². The third-order valence-electron chi connectivity index (χ3n) is 5.26. The Labute approximate surface area is 120 Å². The van der Waals surface area contributed by atoms with Crippen molar-refractivity contribution in [2.24, 2.45) is 5.92 Å². The van der Waals surface area contributed by atoms with Gasteiger partial charge in [-0.25, -0.2) is 0 Å². The quantitative estimate of drug-likeness (QED) is 0.761. The lowest BCUT2D eigenvalue weighted by Gasteiger charge is -2.41. The summed E-state index contributed by atoms with van der Waals surface area (Å²) in [6.07, 6.45) is 12.9. The zero-order valence-electron chi connectivity index (χ0n) is 13.2. The summed E-state index contributed by atoms with van der Waals surface area (Å²) in [4.78, 5) is 2.82. The summed E-state index contributed by atoms with van der Waals surface area (Å²) >= 11 is 0. The Hall–Kier alpha value is -0.0800. The molecule has 0 aromatic rings. The predicted octanol–water partition coefficient (Wildman–Crippen LogP) is 3.81. The van der Waals surface area contributed by atoms with Gasteiger partial charge in [0, 0.05) is 12.1 Å². The lowest BCUT2D eigenvalue weighted by molar-refractivity contribution is 0.0988. The molecule has 2 unspecified atom stereocenters. The van der Waals surface area contributed by atoms with Crippen molar-refractivity contribution in [1.29, 1.82) is 0 Å². The van der Waals surface area contributed by atoms with Crippen molar-refractivity contribution in [3.8, 4) is 0 Å². The number of nitrogens with zero attached hydrogens (tertiary/aromatic N) is 1. The van der Waals surface area contributed by atoms with Crippen LogP contribution in [-0.2, 0) is 0 Å². The lowest BCUT2D eigenvalue weighted by atomic mass is 9.90. The van der Waals surface area contributed by atoms with Gasteiger partial charge in [-0.2, -0.15) is 0 Å². The fourth-order valence-electron chi connectivity index (χ4n) is 4.21. The second kappa shape index (κ2) is 8.26. The van der Waals surface area contributed by atoms with Gasteiger partial charge in [-0.05, 0) is 51.2 Å². The summed E-state index contributed by atoms with van der Waals surface area (Å²) < 4.78 is 0. The highest BCUT2D eigenvalue weighted by molar-refractivity contribution is 4.88. The van der Waals surface area contributed by atoms with E-state index in [2.05, 4.69) is 24.1 Å². The molecule has 1 saturated heterocycles. The molecule has 0 radical (unpaired) electrons. The van der Waals surface area contributed by atoms with Crippen molar-refractivity contribution in [3.05, 3.63) is 0 Å². The number of likely N-dealkylation sites (N-methyl/N-ethyl adjacent to an activating group) is 1. The molecule has 2 aliphatic rings. The van der Waals surface area contributed by atoms with Gasteiger partial charge in [0.2, 0.25) is 0 Å². The molecule has 2 rings (SSSR count). The third-order valence-corrected chi connectivity index (χ3v) is 5.26. The summed E-state index contributed by atoms with van der Waals surface area (Å²) in [6, 6.07) is 1.58.